The summed E-state index contributed by atoms with van der Waals surface area (Å²) in [6.45, 7) is 4.13. The van der Waals surface area contributed by atoms with E-state index in [2.05, 4.69) is 13.8 Å². The summed E-state index contributed by atoms with van der Waals surface area (Å²) in [5.74, 6) is 1.85. The Bertz CT molecular complexity index is 391. The Kier molecular flexibility index (Phi) is 6.21. The number of hydrogen-bond acceptors (Lipinski definition) is 5. The molecule has 0 aliphatic heterocycles. The van der Waals surface area contributed by atoms with Crippen LogP contribution in [0.1, 0.15) is 52.4 Å². The first-order valence-corrected chi connectivity index (χ1v) is 10.0. The van der Waals surface area contributed by atoms with Gasteiger partial charge in [0.1, 0.15) is 9.86 Å². The monoisotopic (exact) mass is 330 g/mol. The SMILES string of the molecule is CCSC1(SCC)CC([C@@H]2CCCC[C@H]2O)C(=O)CC1=O. The second kappa shape index (κ2) is 7.51. The van der Waals surface area contributed by atoms with Crippen molar-refractivity contribution >= 4 is 35.1 Å². The van der Waals surface area contributed by atoms with Crippen LogP contribution in [0.15, 0.2) is 0 Å². The van der Waals surface area contributed by atoms with Gasteiger partial charge in [0.25, 0.3) is 0 Å². The van der Waals surface area contributed by atoms with E-state index in [0.29, 0.717) is 6.42 Å². The molecular weight excluding hydrogens is 304 g/mol. The largest absolute Gasteiger partial charge is 0.393 e. The number of carbonyl (C=O) groups excluding carboxylic acids is 2. The lowest BCUT2D eigenvalue weighted by Gasteiger charge is -2.42. The number of rotatable bonds is 5. The molecule has 2 fully saturated rings. The number of aliphatic hydroxyl groups is 1. The van der Waals surface area contributed by atoms with Crippen molar-refractivity contribution < 1.29 is 14.7 Å². The molecule has 5 heteroatoms. The van der Waals surface area contributed by atoms with E-state index in [1.54, 1.807) is 23.5 Å². The number of ketones is 2. The van der Waals surface area contributed by atoms with E-state index in [4.69, 9.17) is 0 Å². The fourth-order valence-corrected chi connectivity index (χ4v) is 6.76. The minimum Gasteiger partial charge on any atom is -0.393 e. The van der Waals surface area contributed by atoms with Crippen LogP contribution in [-0.4, -0.2) is 38.4 Å². The predicted octanol–water partition coefficient (Wildman–Crippen LogP) is 3.29. The van der Waals surface area contributed by atoms with Crippen LogP contribution in [0.5, 0.6) is 0 Å². The zero-order chi connectivity index (χ0) is 15.5. The minimum absolute atomic E-state index is 0.0634. The van der Waals surface area contributed by atoms with Gasteiger partial charge in [0.2, 0.25) is 0 Å². The van der Waals surface area contributed by atoms with Crippen LogP contribution in [0.4, 0.5) is 0 Å². The quantitative estimate of drug-likeness (QED) is 0.619. The maximum atomic E-state index is 12.5. The van der Waals surface area contributed by atoms with Gasteiger partial charge in [-0.2, -0.15) is 0 Å². The smallest absolute Gasteiger partial charge is 0.166 e. The summed E-state index contributed by atoms with van der Waals surface area (Å²) in [6.07, 6.45) is 4.19. The summed E-state index contributed by atoms with van der Waals surface area (Å²) in [5, 5.41) is 10.3. The second-order valence-corrected chi connectivity index (χ2v) is 9.40. The number of Topliss-reactive ketones (excluding diaryl/α,β-unsaturated/α-hetero) is 2. The minimum atomic E-state index is -0.459. The van der Waals surface area contributed by atoms with Crippen molar-refractivity contribution in [3.8, 4) is 0 Å². The van der Waals surface area contributed by atoms with Crippen molar-refractivity contribution in [2.75, 3.05) is 11.5 Å². The number of carbonyl (C=O) groups is 2. The molecule has 2 aliphatic carbocycles. The van der Waals surface area contributed by atoms with Gasteiger partial charge in [0.15, 0.2) is 5.78 Å². The molecule has 0 aromatic rings. The van der Waals surface area contributed by atoms with Crippen LogP contribution in [-0.2, 0) is 9.59 Å². The Labute approximate surface area is 136 Å². The summed E-state index contributed by atoms with van der Waals surface area (Å²) in [4.78, 5) is 24.9. The normalized spacial score (nSPS) is 33.2. The van der Waals surface area contributed by atoms with Crippen LogP contribution in [0, 0.1) is 11.8 Å². The van der Waals surface area contributed by atoms with E-state index in [0.717, 1.165) is 37.2 Å². The maximum Gasteiger partial charge on any atom is 0.166 e. The van der Waals surface area contributed by atoms with Crippen molar-refractivity contribution in [2.45, 2.75) is 62.6 Å². The molecule has 0 spiro atoms. The summed E-state index contributed by atoms with van der Waals surface area (Å²) in [6, 6.07) is 0. The lowest BCUT2D eigenvalue weighted by atomic mass is 9.71. The van der Waals surface area contributed by atoms with Crippen LogP contribution in [0.3, 0.4) is 0 Å². The molecule has 0 bridgehead atoms. The zero-order valence-corrected chi connectivity index (χ0v) is 14.6. The molecule has 2 rings (SSSR count). The van der Waals surface area contributed by atoms with Gasteiger partial charge < -0.3 is 5.11 Å². The van der Waals surface area contributed by atoms with Gasteiger partial charge in [-0.05, 0) is 36.7 Å². The molecule has 3 nitrogen and oxygen atoms in total. The molecule has 120 valence electrons. The highest BCUT2D eigenvalue weighted by Crippen LogP contribution is 2.50. The van der Waals surface area contributed by atoms with Gasteiger partial charge in [0.05, 0.1) is 12.5 Å². The van der Waals surface area contributed by atoms with Crippen molar-refractivity contribution in [3.63, 3.8) is 0 Å². The molecule has 0 heterocycles. The average molecular weight is 331 g/mol. The summed E-state index contributed by atoms with van der Waals surface area (Å²) in [7, 11) is 0. The van der Waals surface area contributed by atoms with E-state index < -0.39 is 4.08 Å². The van der Waals surface area contributed by atoms with Crippen LogP contribution in [0.25, 0.3) is 0 Å². The predicted molar refractivity (Wildman–Crippen MR) is 89.7 cm³/mol. The first kappa shape index (κ1) is 17.4. The standard InChI is InChI=1S/C16H26O3S2/c1-3-20-16(21-4-2)10-12(14(18)9-15(16)19)11-7-5-6-8-13(11)17/h11-13,17H,3-10H2,1-2H3/t11-,12?,13+/m0/s1. The number of aliphatic hydroxyl groups excluding tert-OH is 1. The van der Waals surface area contributed by atoms with Crippen molar-refractivity contribution in [1.82, 2.24) is 0 Å². The van der Waals surface area contributed by atoms with Gasteiger partial charge in [0, 0.05) is 5.92 Å². The lowest BCUT2D eigenvalue weighted by molar-refractivity contribution is -0.136. The highest BCUT2D eigenvalue weighted by molar-refractivity contribution is 8.19. The molecule has 0 saturated heterocycles. The molecule has 0 radical (unpaired) electrons. The fourth-order valence-electron chi connectivity index (χ4n) is 3.73. The van der Waals surface area contributed by atoms with Gasteiger partial charge in [-0.25, -0.2) is 0 Å². The Morgan fingerprint density at radius 1 is 1.14 bits per heavy atom. The Balaban J connectivity index is 2.21. The van der Waals surface area contributed by atoms with Gasteiger partial charge in [-0.3, -0.25) is 9.59 Å². The average Bonchev–Trinajstić information content (AvgIpc) is 2.44. The Morgan fingerprint density at radius 2 is 1.76 bits per heavy atom. The molecule has 0 amide bonds. The molecule has 0 aromatic carbocycles. The topological polar surface area (TPSA) is 54.4 Å². The lowest BCUT2D eigenvalue weighted by Crippen LogP contribution is -2.48. The Hall–Kier alpha value is -0.000000000000000111. The Morgan fingerprint density at radius 3 is 2.33 bits per heavy atom. The van der Waals surface area contributed by atoms with E-state index in [1.807, 2.05) is 0 Å². The highest BCUT2D eigenvalue weighted by Gasteiger charge is 2.50. The highest BCUT2D eigenvalue weighted by atomic mass is 32.2. The van der Waals surface area contributed by atoms with E-state index >= 15 is 0 Å². The van der Waals surface area contributed by atoms with Crippen LogP contribution >= 0.6 is 23.5 Å². The van der Waals surface area contributed by atoms with E-state index in [1.165, 1.54) is 0 Å². The third kappa shape index (κ3) is 3.67. The van der Waals surface area contributed by atoms with Crippen molar-refractivity contribution in [1.29, 1.82) is 0 Å². The fraction of sp³-hybridized carbons (Fsp3) is 0.875. The molecular formula is C16H26O3S2. The second-order valence-electron chi connectivity index (χ2n) is 6.01. The van der Waals surface area contributed by atoms with E-state index in [-0.39, 0.29) is 35.9 Å². The number of thioether (sulfide) groups is 2. The summed E-state index contributed by atoms with van der Waals surface area (Å²) in [5.41, 5.74) is 0. The molecule has 2 saturated carbocycles. The first-order chi connectivity index (χ1) is 10.0. The van der Waals surface area contributed by atoms with Crippen molar-refractivity contribution in [3.05, 3.63) is 0 Å². The molecule has 1 unspecified atom stereocenters. The van der Waals surface area contributed by atoms with Gasteiger partial charge in [-0.1, -0.05) is 26.7 Å². The molecule has 21 heavy (non-hydrogen) atoms. The van der Waals surface area contributed by atoms with Crippen LogP contribution < -0.4 is 0 Å². The molecule has 1 N–H and O–H groups in total. The zero-order valence-electron chi connectivity index (χ0n) is 13.0. The molecule has 3 atom stereocenters. The summed E-state index contributed by atoms with van der Waals surface area (Å²) >= 11 is 3.37. The van der Waals surface area contributed by atoms with Crippen LogP contribution in [0.2, 0.25) is 0 Å². The molecule has 0 aromatic heterocycles. The molecule has 2 aliphatic rings. The van der Waals surface area contributed by atoms with Gasteiger partial charge >= 0.3 is 0 Å². The van der Waals surface area contributed by atoms with Gasteiger partial charge in [-0.15, -0.1) is 23.5 Å². The van der Waals surface area contributed by atoms with E-state index in [9.17, 15) is 14.7 Å². The maximum absolute atomic E-state index is 12.5. The third-order valence-electron chi connectivity index (χ3n) is 4.72. The number of hydrogen-bond donors (Lipinski definition) is 1. The van der Waals surface area contributed by atoms with Crippen molar-refractivity contribution in [2.24, 2.45) is 11.8 Å². The third-order valence-corrected chi connectivity index (χ3v) is 7.72. The summed E-state index contributed by atoms with van der Waals surface area (Å²) < 4.78 is -0.459. The first-order valence-electron chi connectivity index (χ1n) is 8.06.